The zero-order chi connectivity index (χ0) is 23.5. The molecule has 3 aromatic carbocycles. The normalized spacial score (nSPS) is 10.4. The van der Waals surface area contributed by atoms with Crippen LogP contribution in [0.2, 0.25) is 0 Å². The van der Waals surface area contributed by atoms with E-state index in [-0.39, 0.29) is 28.5 Å². The molecule has 0 radical (unpaired) electrons. The minimum absolute atomic E-state index is 0.0169. The molecule has 3 N–H and O–H groups in total. The zero-order valence-electron chi connectivity index (χ0n) is 17.2. The van der Waals surface area contributed by atoms with Gasteiger partial charge in [-0.1, -0.05) is 29.4 Å². The number of hydrogen-bond donors (Lipinski definition) is 3. The number of hydrogen-bond acceptors (Lipinski definition) is 6. The van der Waals surface area contributed by atoms with Crippen molar-refractivity contribution in [1.29, 1.82) is 5.26 Å². The molecule has 1 aromatic heterocycles. The third-order valence-electron chi connectivity index (χ3n) is 4.86. The van der Waals surface area contributed by atoms with Crippen LogP contribution in [0.5, 0.6) is 0 Å². The molecule has 0 bridgehead atoms. The van der Waals surface area contributed by atoms with Crippen LogP contribution in [0.3, 0.4) is 0 Å². The number of carboxylic acid groups (broad SMARTS) is 1. The lowest BCUT2D eigenvalue weighted by Crippen LogP contribution is -2.14. The summed E-state index contributed by atoms with van der Waals surface area (Å²) in [5, 5.41) is 28.0. The molecule has 4 rings (SSSR count). The van der Waals surface area contributed by atoms with E-state index in [9.17, 15) is 19.5 Å². The fraction of sp³-hybridized carbons (Fsp3) is 0.0417. The molecule has 2 amide bonds. The van der Waals surface area contributed by atoms with Crippen LogP contribution in [0, 0.1) is 11.3 Å². The van der Waals surface area contributed by atoms with Crippen LogP contribution in [-0.2, 0) is 4.79 Å². The molecule has 9 nitrogen and oxygen atoms in total. The van der Waals surface area contributed by atoms with Crippen molar-refractivity contribution in [3.63, 3.8) is 0 Å². The lowest BCUT2D eigenvalue weighted by Gasteiger charge is -2.10. The predicted molar refractivity (Wildman–Crippen MR) is 120 cm³/mol. The second-order valence-electron chi connectivity index (χ2n) is 7.10. The lowest BCUT2D eigenvalue weighted by atomic mass is 10.0. The Morgan fingerprint density at radius 3 is 2.52 bits per heavy atom. The van der Waals surface area contributed by atoms with Crippen LogP contribution in [0.1, 0.15) is 33.4 Å². The molecule has 0 saturated heterocycles. The second kappa shape index (κ2) is 8.64. The smallest absolute Gasteiger partial charge is 0.337 e. The summed E-state index contributed by atoms with van der Waals surface area (Å²) in [4.78, 5) is 36.0. The number of carbonyl (C=O) groups excluding carboxylic acids is 2. The van der Waals surface area contributed by atoms with Gasteiger partial charge in [0.1, 0.15) is 5.52 Å². The van der Waals surface area contributed by atoms with Gasteiger partial charge < -0.3 is 20.3 Å². The van der Waals surface area contributed by atoms with Crippen molar-refractivity contribution in [2.75, 3.05) is 10.6 Å². The third-order valence-corrected chi connectivity index (χ3v) is 4.86. The first-order valence-electron chi connectivity index (χ1n) is 9.72. The number of nitriles is 1. The van der Waals surface area contributed by atoms with Crippen LogP contribution in [-0.4, -0.2) is 28.0 Å². The molecule has 0 saturated carbocycles. The van der Waals surface area contributed by atoms with Crippen molar-refractivity contribution >= 4 is 40.1 Å². The summed E-state index contributed by atoms with van der Waals surface area (Å²) in [7, 11) is 0. The van der Waals surface area contributed by atoms with Gasteiger partial charge in [0.25, 0.3) is 5.91 Å². The van der Waals surface area contributed by atoms with Gasteiger partial charge in [0.15, 0.2) is 0 Å². The summed E-state index contributed by atoms with van der Waals surface area (Å²) in [6.45, 7) is 1.41. The van der Waals surface area contributed by atoms with Gasteiger partial charge in [0.2, 0.25) is 11.7 Å². The molecule has 4 aromatic rings. The number of amides is 2. The molecule has 0 aliphatic heterocycles. The van der Waals surface area contributed by atoms with E-state index in [2.05, 4.69) is 15.8 Å². The largest absolute Gasteiger partial charge is 0.478 e. The highest BCUT2D eigenvalue weighted by molar-refractivity contribution is 6.12. The SMILES string of the molecule is CC(=O)Nc1ccccc1-c1ccc2noc(C(=O)Nc3ccc(C#N)cc3C(=O)O)c2c1. The highest BCUT2D eigenvalue weighted by Gasteiger charge is 2.21. The molecular formula is C24H16N4O5. The minimum atomic E-state index is -1.29. The van der Waals surface area contributed by atoms with E-state index in [0.717, 1.165) is 5.56 Å². The van der Waals surface area contributed by atoms with Crippen molar-refractivity contribution in [2.45, 2.75) is 6.92 Å². The van der Waals surface area contributed by atoms with Crippen molar-refractivity contribution in [3.8, 4) is 17.2 Å². The standard InChI is InChI=1S/C24H16N4O5/c1-13(29)26-19-5-3-2-4-16(19)15-7-9-21-17(11-15)22(33-28-21)23(30)27-20-8-6-14(12-25)10-18(20)24(31)32/h2-11H,1H3,(H,26,29)(H,27,30)(H,31,32). The van der Waals surface area contributed by atoms with Crippen LogP contribution in [0.4, 0.5) is 11.4 Å². The molecule has 162 valence electrons. The first kappa shape index (κ1) is 21.3. The third kappa shape index (κ3) is 4.26. The molecule has 0 aliphatic rings. The Labute approximate surface area is 187 Å². The van der Waals surface area contributed by atoms with Crippen LogP contribution in [0.15, 0.2) is 65.2 Å². The molecule has 1 heterocycles. The number of nitrogens with one attached hydrogen (secondary N) is 2. The summed E-state index contributed by atoms with van der Waals surface area (Å²) in [6.07, 6.45) is 0. The van der Waals surface area contributed by atoms with Gasteiger partial charge in [-0.2, -0.15) is 5.26 Å². The number of para-hydroxylation sites is 1. The van der Waals surface area contributed by atoms with E-state index < -0.39 is 11.9 Å². The Balaban J connectivity index is 1.72. The Morgan fingerprint density at radius 1 is 1.00 bits per heavy atom. The predicted octanol–water partition coefficient (Wildman–Crippen LogP) is 4.28. The first-order chi connectivity index (χ1) is 15.9. The Morgan fingerprint density at radius 2 is 1.79 bits per heavy atom. The van der Waals surface area contributed by atoms with Gasteiger partial charge in [0, 0.05) is 18.2 Å². The first-order valence-corrected chi connectivity index (χ1v) is 9.72. The lowest BCUT2D eigenvalue weighted by molar-refractivity contribution is -0.114. The number of carboxylic acids is 1. The second-order valence-corrected chi connectivity index (χ2v) is 7.10. The average Bonchev–Trinajstić information content (AvgIpc) is 3.22. The number of aromatic carboxylic acids is 1. The van der Waals surface area contributed by atoms with Gasteiger partial charge in [0.05, 0.1) is 28.3 Å². The molecule has 0 fully saturated rings. The van der Waals surface area contributed by atoms with Gasteiger partial charge >= 0.3 is 5.97 Å². The molecule has 0 atom stereocenters. The maximum absolute atomic E-state index is 12.9. The summed E-state index contributed by atoms with van der Waals surface area (Å²) < 4.78 is 5.25. The van der Waals surface area contributed by atoms with E-state index in [1.165, 1.54) is 25.1 Å². The molecule has 0 aliphatic carbocycles. The van der Waals surface area contributed by atoms with Crippen LogP contribution >= 0.6 is 0 Å². The van der Waals surface area contributed by atoms with E-state index >= 15 is 0 Å². The van der Waals surface area contributed by atoms with Crippen molar-refractivity contribution < 1.29 is 24.0 Å². The molecule has 0 spiro atoms. The van der Waals surface area contributed by atoms with E-state index in [0.29, 0.717) is 22.2 Å². The number of anilines is 2. The van der Waals surface area contributed by atoms with E-state index in [4.69, 9.17) is 9.78 Å². The highest BCUT2D eigenvalue weighted by atomic mass is 16.5. The van der Waals surface area contributed by atoms with Crippen molar-refractivity contribution in [3.05, 3.63) is 77.6 Å². The van der Waals surface area contributed by atoms with Crippen LogP contribution < -0.4 is 10.6 Å². The molecule has 33 heavy (non-hydrogen) atoms. The Hall–Kier alpha value is -4.97. The quantitative estimate of drug-likeness (QED) is 0.420. The molecule has 0 unspecified atom stereocenters. The van der Waals surface area contributed by atoms with Gasteiger partial charge in [-0.25, -0.2) is 4.79 Å². The topological polar surface area (TPSA) is 145 Å². The van der Waals surface area contributed by atoms with Gasteiger partial charge in [-0.15, -0.1) is 0 Å². The number of rotatable bonds is 5. The van der Waals surface area contributed by atoms with Crippen molar-refractivity contribution in [1.82, 2.24) is 5.16 Å². The number of benzene rings is 3. The fourth-order valence-corrected chi connectivity index (χ4v) is 3.39. The van der Waals surface area contributed by atoms with Gasteiger partial charge in [-0.05, 0) is 42.0 Å². The number of nitrogens with zero attached hydrogens (tertiary/aromatic N) is 2. The minimum Gasteiger partial charge on any atom is -0.478 e. The van der Waals surface area contributed by atoms with E-state index in [1.807, 2.05) is 18.2 Å². The fourth-order valence-electron chi connectivity index (χ4n) is 3.39. The van der Waals surface area contributed by atoms with Crippen molar-refractivity contribution in [2.24, 2.45) is 0 Å². The Kier molecular flexibility index (Phi) is 5.57. The molecular weight excluding hydrogens is 424 g/mol. The summed E-state index contributed by atoms with van der Waals surface area (Å²) >= 11 is 0. The number of fused-ring (bicyclic) bond motifs is 1. The number of carbonyl (C=O) groups is 3. The number of aromatic nitrogens is 1. The summed E-state index contributed by atoms with van der Waals surface area (Å²) in [6, 6.07) is 18.2. The van der Waals surface area contributed by atoms with Crippen LogP contribution in [0.25, 0.3) is 22.0 Å². The maximum atomic E-state index is 12.9. The van der Waals surface area contributed by atoms with E-state index in [1.54, 1.807) is 30.3 Å². The summed E-state index contributed by atoms with van der Waals surface area (Å²) in [5.41, 5.74) is 2.43. The van der Waals surface area contributed by atoms with Gasteiger partial charge in [-0.3, -0.25) is 9.59 Å². The zero-order valence-corrected chi connectivity index (χ0v) is 17.2. The molecule has 9 heteroatoms. The Bertz CT molecular complexity index is 1470. The highest BCUT2D eigenvalue weighted by Crippen LogP contribution is 2.32. The monoisotopic (exact) mass is 440 g/mol. The summed E-state index contributed by atoms with van der Waals surface area (Å²) in [5.74, 6) is -2.31. The maximum Gasteiger partial charge on any atom is 0.337 e. The average molecular weight is 440 g/mol.